The zero-order chi connectivity index (χ0) is 21.8. The number of aromatic nitrogens is 3. The van der Waals surface area contributed by atoms with E-state index in [1.54, 1.807) is 71.6 Å². The van der Waals surface area contributed by atoms with E-state index in [0.717, 1.165) is 0 Å². The number of hydrogen-bond acceptors (Lipinski definition) is 3. The molecule has 4 aromatic rings. The highest BCUT2D eigenvalue weighted by Crippen LogP contribution is 2.21. The number of halogens is 2. The van der Waals surface area contributed by atoms with Gasteiger partial charge < -0.3 is 15.2 Å². The Labute approximate surface area is 182 Å². The van der Waals surface area contributed by atoms with Crippen LogP contribution in [0.3, 0.4) is 0 Å². The maximum Gasteiger partial charge on any atom is 0.257 e. The Bertz CT molecular complexity index is 1220. The van der Waals surface area contributed by atoms with Crippen LogP contribution in [0.15, 0.2) is 79.3 Å². The number of hydrogen-bond donors (Lipinski definition) is 2. The topological polar surface area (TPSA) is 81.0 Å². The monoisotopic (exact) mass is 437 g/mol. The molecule has 2 heterocycles. The second-order valence-electron chi connectivity index (χ2n) is 6.57. The normalized spacial score (nSPS) is 10.6. The molecule has 2 aromatic heterocycles. The van der Waals surface area contributed by atoms with Crippen molar-refractivity contribution in [3.8, 4) is 11.5 Å². The molecule has 0 atom stereocenters. The minimum Gasteiger partial charge on any atom is -0.343 e. The van der Waals surface area contributed by atoms with E-state index in [1.165, 1.54) is 16.9 Å². The van der Waals surface area contributed by atoms with Crippen molar-refractivity contribution < 1.29 is 14.0 Å². The zero-order valence-electron chi connectivity index (χ0n) is 16.1. The average Bonchev–Trinajstić information content (AvgIpc) is 3.43. The number of anilines is 1. The maximum atomic E-state index is 14.4. The summed E-state index contributed by atoms with van der Waals surface area (Å²) in [5.41, 5.74) is 0.952. The summed E-state index contributed by atoms with van der Waals surface area (Å²) in [5.74, 6) is -1.05. The molecular weight excluding hydrogens is 421 g/mol. The molecule has 0 aliphatic rings. The van der Waals surface area contributed by atoms with Crippen LogP contribution in [-0.2, 0) is 4.79 Å². The molecule has 0 spiro atoms. The summed E-state index contributed by atoms with van der Waals surface area (Å²) in [6.07, 6.45) is 4.78. The molecule has 0 unspecified atom stereocenters. The number of rotatable bonds is 6. The Morgan fingerprint density at radius 2 is 1.71 bits per heavy atom. The molecule has 2 amide bonds. The maximum absolute atomic E-state index is 14.4. The van der Waals surface area contributed by atoms with Crippen molar-refractivity contribution in [2.45, 2.75) is 0 Å². The largest absolute Gasteiger partial charge is 0.343 e. The highest BCUT2D eigenvalue weighted by atomic mass is 35.5. The molecule has 0 fully saturated rings. The van der Waals surface area contributed by atoms with Crippen molar-refractivity contribution in [2.24, 2.45) is 0 Å². The smallest absolute Gasteiger partial charge is 0.257 e. The molecule has 2 aromatic carbocycles. The van der Waals surface area contributed by atoms with Crippen molar-refractivity contribution in [3.05, 3.63) is 95.7 Å². The van der Waals surface area contributed by atoms with Crippen LogP contribution in [0.2, 0.25) is 5.02 Å². The number of nitrogens with zero attached hydrogens (tertiary/aromatic N) is 3. The lowest BCUT2D eigenvalue weighted by Crippen LogP contribution is -2.33. The SMILES string of the molecule is O=C(CNC(=O)c1cnn(-c2ccccc2F)c1-n1cccc1)Nc1ccc(Cl)cc1. The Kier molecular flexibility index (Phi) is 5.81. The third kappa shape index (κ3) is 4.49. The molecule has 9 heteroatoms. The van der Waals surface area contributed by atoms with Gasteiger partial charge in [-0.05, 0) is 48.5 Å². The fourth-order valence-corrected chi connectivity index (χ4v) is 3.15. The zero-order valence-corrected chi connectivity index (χ0v) is 16.9. The molecule has 0 aliphatic heterocycles. The third-order valence-electron chi connectivity index (χ3n) is 4.46. The summed E-state index contributed by atoms with van der Waals surface area (Å²) in [6.45, 7) is -0.253. The van der Waals surface area contributed by atoms with E-state index in [-0.39, 0.29) is 17.8 Å². The van der Waals surface area contributed by atoms with Gasteiger partial charge in [0.1, 0.15) is 17.1 Å². The number of amides is 2. The van der Waals surface area contributed by atoms with Crippen LogP contribution < -0.4 is 10.6 Å². The highest BCUT2D eigenvalue weighted by Gasteiger charge is 2.21. The number of carbonyl (C=O) groups excluding carboxylic acids is 2. The first kappa shape index (κ1) is 20.4. The fraction of sp³-hybridized carbons (Fsp3) is 0.0455. The molecule has 156 valence electrons. The lowest BCUT2D eigenvalue weighted by molar-refractivity contribution is -0.115. The summed E-state index contributed by atoms with van der Waals surface area (Å²) in [6, 6.07) is 16.3. The van der Waals surface area contributed by atoms with Gasteiger partial charge in [-0.1, -0.05) is 23.7 Å². The number of carbonyl (C=O) groups is 2. The second kappa shape index (κ2) is 8.85. The lowest BCUT2D eigenvalue weighted by atomic mass is 10.2. The van der Waals surface area contributed by atoms with Gasteiger partial charge in [-0.25, -0.2) is 9.07 Å². The Balaban J connectivity index is 1.55. The number of benzene rings is 2. The summed E-state index contributed by atoms with van der Waals surface area (Å²) in [5, 5.41) is 10.0. The lowest BCUT2D eigenvalue weighted by Gasteiger charge is -2.12. The molecule has 0 saturated carbocycles. The molecule has 0 bridgehead atoms. The van der Waals surface area contributed by atoms with Gasteiger partial charge >= 0.3 is 0 Å². The van der Waals surface area contributed by atoms with E-state index in [0.29, 0.717) is 16.5 Å². The van der Waals surface area contributed by atoms with Gasteiger partial charge in [-0.15, -0.1) is 0 Å². The van der Waals surface area contributed by atoms with E-state index in [2.05, 4.69) is 15.7 Å². The number of nitrogens with one attached hydrogen (secondary N) is 2. The molecule has 0 aliphatic carbocycles. The Morgan fingerprint density at radius 3 is 2.42 bits per heavy atom. The van der Waals surface area contributed by atoms with E-state index < -0.39 is 17.6 Å². The van der Waals surface area contributed by atoms with Crippen LogP contribution in [0.5, 0.6) is 0 Å². The standard InChI is InChI=1S/C22H17ClFN5O2/c23-15-7-9-16(10-8-15)27-20(30)14-25-21(31)17-13-26-29(19-6-2-1-5-18(19)24)22(17)28-11-3-4-12-28/h1-13H,14H2,(H,25,31)(H,27,30). The number of para-hydroxylation sites is 1. The van der Waals surface area contributed by atoms with E-state index >= 15 is 0 Å². The molecule has 7 nitrogen and oxygen atoms in total. The van der Waals surface area contributed by atoms with Crippen LogP contribution >= 0.6 is 11.6 Å². The van der Waals surface area contributed by atoms with Crippen LogP contribution in [0.4, 0.5) is 10.1 Å². The first-order chi connectivity index (χ1) is 15.0. The minimum absolute atomic E-state index is 0.193. The van der Waals surface area contributed by atoms with Gasteiger partial charge in [0.25, 0.3) is 5.91 Å². The Hall–Kier alpha value is -3.91. The van der Waals surface area contributed by atoms with Crippen LogP contribution in [-0.4, -0.2) is 32.7 Å². The van der Waals surface area contributed by atoms with Crippen molar-refractivity contribution >= 4 is 29.1 Å². The molecular formula is C22H17ClFN5O2. The molecule has 4 rings (SSSR count). The van der Waals surface area contributed by atoms with Crippen molar-refractivity contribution in [1.82, 2.24) is 19.7 Å². The molecule has 2 N–H and O–H groups in total. The molecule has 0 saturated heterocycles. The quantitative estimate of drug-likeness (QED) is 0.481. The van der Waals surface area contributed by atoms with Crippen molar-refractivity contribution in [3.63, 3.8) is 0 Å². The van der Waals surface area contributed by atoms with Gasteiger partial charge in [-0.2, -0.15) is 5.10 Å². The predicted molar refractivity (Wildman–Crippen MR) is 115 cm³/mol. The van der Waals surface area contributed by atoms with E-state index in [1.807, 2.05) is 0 Å². The van der Waals surface area contributed by atoms with E-state index in [9.17, 15) is 14.0 Å². The van der Waals surface area contributed by atoms with Gasteiger partial charge in [0.2, 0.25) is 5.91 Å². The van der Waals surface area contributed by atoms with Gasteiger partial charge in [0.15, 0.2) is 5.82 Å². The van der Waals surface area contributed by atoms with Crippen LogP contribution in [0.1, 0.15) is 10.4 Å². The molecule has 0 radical (unpaired) electrons. The Morgan fingerprint density at radius 1 is 1.00 bits per heavy atom. The van der Waals surface area contributed by atoms with Crippen LogP contribution in [0, 0.1) is 5.82 Å². The highest BCUT2D eigenvalue weighted by molar-refractivity contribution is 6.30. The van der Waals surface area contributed by atoms with Gasteiger partial charge in [-0.3, -0.25) is 9.59 Å². The first-order valence-corrected chi connectivity index (χ1v) is 9.70. The van der Waals surface area contributed by atoms with E-state index in [4.69, 9.17) is 11.6 Å². The summed E-state index contributed by atoms with van der Waals surface area (Å²) in [4.78, 5) is 25.0. The summed E-state index contributed by atoms with van der Waals surface area (Å²) >= 11 is 5.83. The summed E-state index contributed by atoms with van der Waals surface area (Å²) < 4.78 is 17.4. The summed E-state index contributed by atoms with van der Waals surface area (Å²) in [7, 11) is 0. The van der Waals surface area contributed by atoms with Gasteiger partial charge in [0.05, 0.1) is 12.7 Å². The van der Waals surface area contributed by atoms with Crippen LogP contribution in [0.25, 0.3) is 11.5 Å². The van der Waals surface area contributed by atoms with Crippen molar-refractivity contribution in [1.29, 1.82) is 0 Å². The molecule has 31 heavy (non-hydrogen) atoms. The van der Waals surface area contributed by atoms with Gasteiger partial charge in [0, 0.05) is 23.1 Å². The predicted octanol–water partition coefficient (Wildman–Crippen LogP) is 3.82. The minimum atomic E-state index is -0.516. The third-order valence-corrected chi connectivity index (χ3v) is 4.71. The first-order valence-electron chi connectivity index (χ1n) is 9.33. The second-order valence-corrected chi connectivity index (χ2v) is 7.01. The average molecular weight is 438 g/mol. The van der Waals surface area contributed by atoms with Crippen molar-refractivity contribution in [2.75, 3.05) is 11.9 Å². The fourth-order valence-electron chi connectivity index (χ4n) is 3.02.